The lowest BCUT2D eigenvalue weighted by molar-refractivity contribution is -0.544. The molecule has 2 aromatic carbocycles. The van der Waals surface area contributed by atoms with Crippen molar-refractivity contribution in [3.63, 3.8) is 0 Å². The van der Waals surface area contributed by atoms with Crippen molar-refractivity contribution in [2.75, 3.05) is 0 Å². The fourth-order valence-corrected chi connectivity index (χ4v) is 5.73. The number of ether oxygens (including phenoxy) is 1. The fourth-order valence-electron chi connectivity index (χ4n) is 5.73. The van der Waals surface area contributed by atoms with E-state index in [-0.39, 0.29) is 6.10 Å². The topological polar surface area (TPSA) is 27.7 Å². The summed E-state index contributed by atoms with van der Waals surface area (Å²) in [6.07, 6.45) is 6.06. The van der Waals surface area contributed by atoms with Crippen molar-refractivity contribution in [1.82, 2.24) is 0 Å². The molecular weight excluding hydrogens is 372 g/mol. The Kier molecular flexibility index (Phi) is 5.09. The van der Waals surface area contributed by atoms with Crippen LogP contribution in [0.25, 0.3) is 5.57 Å². The first-order chi connectivity index (χ1) is 14.5. The zero-order chi connectivity index (χ0) is 20.8. The van der Waals surface area contributed by atoms with Gasteiger partial charge in [0, 0.05) is 18.8 Å². The van der Waals surface area contributed by atoms with Gasteiger partial charge in [0.15, 0.2) is 5.60 Å². The summed E-state index contributed by atoms with van der Waals surface area (Å²) in [6, 6.07) is 21.0. The number of hydrogen-bond donors (Lipinski definition) is 0. The first kappa shape index (κ1) is 20.0. The monoisotopic (exact) mass is 404 g/mol. The van der Waals surface area contributed by atoms with Gasteiger partial charge in [0.25, 0.3) is 0 Å². The zero-order valence-electron chi connectivity index (χ0n) is 18.2. The van der Waals surface area contributed by atoms with Crippen LogP contribution >= 0.6 is 0 Å². The molecule has 158 valence electrons. The summed E-state index contributed by atoms with van der Waals surface area (Å²) in [5, 5.41) is 0. The van der Waals surface area contributed by atoms with Crippen LogP contribution in [0.5, 0.6) is 0 Å². The van der Waals surface area contributed by atoms with Crippen LogP contribution in [0.4, 0.5) is 0 Å². The van der Waals surface area contributed by atoms with E-state index in [1.165, 1.54) is 17.6 Å². The van der Waals surface area contributed by atoms with Crippen molar-refractivity contribution in [3.8, 4) is 0 Å². The quantitative estimate of drug-likeness (QED) is 0.546. The molecule has 0 unspecified atom stereocenters. The van der Waals surface area contributed by atoms with Gasteiger partial charge in [-0.05, 0) is 41.0 Å². The van der Waals surface area contributed by atoms with Crippen molar-refractivity contribution in [2.45, 2.75) is 63.9 Å². The lowest BCUT2D eigenvalue weighted by Gasteiger charge is -2.53. The Hall–Kier alpha value is -1.94. The maximum Gasteiger partial charge on any atom is 0.205 e. The molecule has 2 fully saturated rings. The number of fused-ring (bicyclic) bond motifs is 1. The van der Waals surface area contributed by atoms with Gasteiger partial charge in [0.1, 0.15) is 6.10 Å². The molecule has 5 atom stereocenters. The molecular formula is C27H32O3. The van der Waals surface area contributed by atoms with E-state index in [9.17, 15) is 0 Å². The third kappa shape index (κ3) is 3.24. The largest absolute Gasteiger partial charge is 0.336 e. The molecule has 3 heteroatoms. The summed E-state index contributed by atoms with van der Waals surface area (Å²) in [7, 11) is 0. The molecule has 2 aliphatic carbocycles. The SMILES string of the molecule is CC(C)[C@@H]1CC[C@@H](C)C[C@@]12OO[C@@]1(c3ccccc3)CC(c3ccccc3)=C[C@H]1O2. The molecule has 0 N–H and O–H groups in total. The second-order valence-electron chi connectivity index (χ2n) is 9.74. The van der Waals surface area contributed by atoms with Gasteiger partial charge in [-0.15, -0.1) is 0 Å². The smallest absolute Gasteiger partial charge is 0.205 e. The average Bonchev–Trinajstić information content (AvgIpc) is 3.14. The number of benzene rings is 2. The molecule has 0 aromatic heterocycles. The van der Waals surface area contributed by atoms with Gasteiger partial charge in [-0.3, -0.25) is 0 Å². The van der Waals surface area contributed by atoms with Crippen LogP contribution in [0.1, 0.15) is 57.6 Å². The Morgan fingerprint density at radius 3 is 2.30 bits per heavy atom. The predicted octanol–water partition coefficient (Wildman–Crippen LogP) is 6.50. The highest BCUT2D eigenvalue weighted by Gasteiger charge is 2.60. The molecule has 5 rings (SSSR count). The maximum absolute atomic E-state index is 6.97. The maximum atomic E-state index is 6.97. The summed E-state index contributed by atoms with van der Waals surface area (Å²) in [6.45, 7) is 6.84. The molecule has 3 nitrogen and oxygen atoms in total. The Bertz CT molecular complexity index is 906. The highest BCUT2D eigenvalue weighted by molar-refractivity contribution is 5.70. The van der Waals surface area contributed by atoms with E-state index < -0.39 is 11.4 Å². The number of rotatable bonds is 3. The average molecular weight is 405 g/mol. The number of hydrogen-bond acceptors (Lipinski definition) is 3. The van der Waals surface area contributed by atoms with Gasteiger partial charge in [-0.1, -0.05) is 87.9 Å². The van der Waals surface area contributed by atoms with Crippen LogP contribution in [0.3, 0.4) is 0 Å². The van der Waals surface area contributed by atoms with Crippen molar-refractivity contribution in [1.29, 1.82) is 0 Å². The first-order valence-electron chi connectivity index (χ1n) is 11.4. The molecule has 3 aliphatic rings. The van der Waals surface area contributed by atoms with Crippen LogP contribution in [-0.2, 0) is 20.1 Å². The van der Waals surface area contributed by atoms with E-state index in [1.54, 1.807) is 0 Å². The van der Waals surface area contributed by atoms with Crippen molar-refractivity contribution in [3.05, 3.63) is 77.9 Å². The minimum Gasteiger partial charge on any atom is -0.336 e. The van der Waals surface area contributed by atoms with Gasteiger partial charge in [0.2, 0.25) is 5.79 Å². The highest BCUT2D eigenvalue weighted by atomic mass is 17.3. The predicted molar refractivity (Wildman–Crippen MR) is 118 cm³/mol. The summed E-state index contributed by atoms with van der Waals surface area (Å²) in [4.78, 5) is 12.8. The Labute approximate surface area is 180 Å². The Morgan fingerprint density at radius 1 is 0.900 bits per heavy atom. The second kappa shape index (κ2) is 7.64. The minimum atomic E-state index is -0.669. The van der Waals surface area contributed by atoms with Gasteiger partial charge >= 0.3 is 0 Å². The standard InChI is InChI=1S/C27H32O3/c1-19(2)24-15-14-20(3)17-27(24)28-25-16-22(21-10-6-4-7-11-21)18-26(25,29-30-27)23-12-8-5-9-13-23/h4-13,16,19-20,24-25H,14-15,17-18H2,1-3H3/t20-,24+,25-,26-,27-/m1/s1. The molecule has 0 bridgehead atoms. The van der Waals surface area contributed by atoms with Crippen molar-refractivity contribution >= 4 is 5.57 Å². The fraction of sp³-hybridized carbons (Fsp3) is 0.481. The van der Waals surface area contributed by atoms with Crippen LogP contribution in [0.15, 0.2) is 66.7 Å². The molecule has 1 saturated carbocycles. The molecule has 2 aromatic rings. The van der Waals surface area contributed by atoms with E-state index in [1.807, 2.05) is 6.07 Å². The molecule has 1 spiro atoms. The zero-order valence-corrected chi connectivity index (χ0v) is 18.2. The highest BCUT2D eigenvalue weighted by Crippen LogP contribution is 2.56. The van der Waals surface area contributed by atoms with Crippen LogP contribution in [-0.4, -0.2) is 11.9 Å². The second-order valence-corrected chi connectivity index (χ2v) is 9.74. The lowest BCUT2D eigenvalue weighted by atomic mass is 9.72. The van der Waals surface area contributed by atoms with Gasteiger partial charge in [-0.25, -0.2) is 4.89 Å². The Morgan fingerprint density at radius 2 is 1.60 bits per heavy atom. The summed E-state index contributed by atoms with van der Waals surface area (Å²) < 4.78 is 6.97. The van der Waals surface area contributed by atoms with Crippen LogP contribution < -0.4 is 0 Å². The lowest BCUT2D eigenvalue weighted by Crippen LogP contribution is -2.60. The molecule has 1 heterocycles. The minimum absolute atomic E-state index is 0.171. The molecule has 0 amide bonds. The van der Waals surface area contributed by atoms with E-state index in [0.717, 1.165) is 24.8 Å². The molecule has 0 radical (unpaired) electrons. The first-order valence-corrected chi connectivity index (χ1v) is 11.4. The molecule has 1 aliphatic heterocycles. The van der Waals surface area contributed by atoms with E-state index >= 15 is 0 Å². The van der Waals surface area contributed by atoms with E-state index in [2.05, 4.69) is 81.4 Å². The van der Waals surface area contributed by atoms with Gasteiger partial charge in [-0.2, -0.15) is 4.89 Å². The third-order valence-corrected chi connectivity index (χ3v) is 7.30. The normalized spacial score (nSPS) is 36.0. The Balaban J connectivity index is 1.56. The van der Waals surface area contributed by atoms with E-state index in [4.69, 9.17) is 14.5 Å². The van der Waals surface area contributed by atoms with Gasteiger partial charge < -0.3 is 4.74 Å². The van der Waals surface area contributed by atoms with E-state index in [0.29, 0.717) is 17.8 Å². The van der Waals surface area contributed by atoms with Gasteiger partial charge in [0.05, 0.1) is 0 Å². The van der Waals surface area contributed by atoms with Crippen molar-refractivity contribution < 1.29 is 14.5 Å². The molecule has 30 heavy (non-hydrogen) atoms. The summed E-state index contributed by atoms with van der Waals surface area (Å²) in [5.74, 6) is 0.699. The van der Waals surface area contributed by atoms with Crippen LogP contribution in [0.2, 0.25) is 0 Å². The van der Waals surface area contributed by atoms with Crippen molar-refractivity contribution in [2.24, 2.45) is 17.8 Å². The summed E-state index contributed by atoms with van der Waals surface area (Å²) >= 11 is 0. The molecule has 1 saturated heterocycles. The van der Waals surface area contributed by atoms with Crippen LogP contribution in [0, 0.1) is 17.8 Å². The summed E-state index contributed by atoms with van der Waals surface area (Å²) in [5.41, 5.74) is 2.95. The third-order valence-electron chi connectivity index (χ3n) is 7.30.